The zero-order valence-electron chi connectivity index (χ0n) is 21.1. The molecule has 0 bridgehead atoms. The third-order valence-corrected chi connectivity index (χ3v) is 10.7. The van der Waals surface area contributed by atoms with Gasteiger partial charge in [0.15, 0.2) is 0 Å². The number of hydrogen-bond acceptors (Lipinski definition) is 4. The van der Waals surface area contributed by atoms with Crippen LogP contribution in [0.25, 0.3) is 11.1 Å². The molecule has 2 unspecified atom stereocenters. The van der Waals surface area contributed by atoms with Crippen LogP contribution in [0.15, 0.2) is 54.6 Å². The summed E-state index contributed by atoms with van der Waals surface area (Å²) in [5.41, 5.74) is 0.990. The number of carbonyl (C=O) groups excluding carboxylic acids is 2. The van der Waals surface area contributed by atoms with Crippen LogP contribution in [0.3, 0.4) is 0 Å². The SMILES string of the molecule is CCC(I)I.CCOC(=O)C1(C)CCC(C)(C(=O)OCC)C1(Br)c1ccccc1-c1ccccc1. The number of rotatable bonds is 7. The van der Waals surface area contributed by atoms with Crippen molar-refractivity contribution in [3.63, 3.8) is 0 Å². The Kier molecular flexibility index (Phi) is 11.5. The van der Waals surface area contributed by atoms with Crippen molar-refractivity contribution in [2.24, 2.45) is 10.8 Å². The van der Waals surface area contributed by atoms with E-state index in [0.717, 1.165) is 18.6 Å². The molecule has 1 aliphatic rings. The van der Waals surface area contributed by atoms with Gasteiger partial charge in [-0.2, -0.15) is 0 Å². The molecule has 0 heterocycles. The van der Waals surface area contributed by atoms with Gasteiger partial charge in [0.25, 0.3) is 0 Å². The van der Waals surface area contributed by atoms with Crippen LogP contribution in [-0.2, 0) is 23.4 Å². The molecule has 3 rings (SSSR count). The minimum absolute atomic E-state index is 0.286. The fourth-order valence-corrected chi connectivity index (χ4v) is 5.83. The van der Waals surface area contributed by atoms with Gasteiger partial charge in [-0.15, -0.1) is 0 Å². The van der Waals surface area contributed by atoms with Gasteiger partial charge in [-0.3, -0.25) is 9.59 Å². The summed E-state index contributed by atoms with van der Waals surface area (Å²) >= 11 is 8.77. The van der Waals surface area contributed by atoms with Crippen molar-refractivity contribution in [3.05, 3.63) is 60.2 Å². The molecule has 1 fully saturated rings. The Hall–Kier alpha value is -0.680. The summed E-state index contributed by atoms with van der Waals surface area (Å²) < 4.78 is 10.8. The van der Waals surface area contributed by atoms with Gasteiger partial charge in [-0.05, 0) is 63.6 Å². The van der Waals surface area contributed by atoms with Gasteiger partial charge in [0, 0.05) is 0 Å². The maximum Gasteiger partial charge on any atom is 0.313 e. The summed E-state index contributed by atoms with van der Waals surface area (Å²) in [5, 5.41) is 0. The van der Waals surface area contributed by atoms with E-state index in [1.807, 2.05) is 68.4 Å². The average molecular weight is 769 g/mol. The number of halogens is 3. The highest BCUT2D eigenvalue weighted by molar-refractivity contribution is 14.2. The molecule has 2 aromatic rings. The Bertz CT molecular complexity index is 965. The number of esters is 2. The summed E-state index contributed by atoms with van der Waals surface area (Å²) in [5.74, 6) is -0.615. The second-order valence-corrected chi connectivity index (χ2v) is 15.6. The van der Waals surface area contributed by atoms with Gasteiger partial charge in [0.05, 0.1) is 30.3 Å². The molecule has 4 nitrogen and oxygen atoms in total. The maximum absolute atomic E-state index is 13.3. The van der Waals surface area contributed by atoms with E-state index < -0.39 is 15.2 Å². The number of hydrogen-bond donors (Lipinski definition) is 0. The van der Waals surface area contributed by atoms with Gasteiger partial charge in [0.1, 0.15) is 0 Å². The molecule has 2 atom stereocenters. The first kappa shape index (κ1) is 30.5. The first-order valence-electron chi connectivity index (χ1n) is 12.0. The molecule has 1 aliphatic carbocycles. The molecule has 35 heavy (non-hydrogen) atoms. The van der Waals surface area contributed by atoms with E-state index in [9.17, 15) is 9.59 Å². The Morgan fingerprint density at radius 2 is 1.29 bits per heavy atom. The molecular weight excluding hydrogens is 734 g/mol. The molecule has 0 radical (unpaired) electrons. The molecule has 0 amide bonds. The predicted octanol–water partition coefficient (Wildman–Crippen LogP) is 8.47. The molecular formula is C28H35BrI2O4. The monoisotopic (exact) mass is 768 g/mol. The van der Waals surface area contributed by atoms with E-state index in [4.69, 9.17) is 9.47 Å². The highest BCUT2D eigenvalue weighted by Gasteiger charge is 2.71. The molecule has 1 saturated carbocycles. The fraction of sp³-hybridized carbons (Fsp3) is 0.500. The lowest BCUT2D eigenvalue weighted by molar-refractivity contribution is -0.161. The van der Waals surface area contributed by atoms with Gasteiger partial charge < -0.3 is 9.47 Å². The lowest BCUT2D eigenvalue weighted by Gasteiger charge is -2.46. The standard InChI is InChI=1S/C25H29BrO4.C3H6I2/c1-5-29-21(27)23(3)16-17-24(4,22(28)30-6-2)25(23,26)20-15-11-10-14-19(20)18-12-8-7-9-13-18;1-2-3(4)5/h7-15H,5-6,16-17H2,1-4H3;3H,2H2,1H3. The Morgan fingerprint density at radius 1 is 0.857 bits per heavy atom. The Labute approximate surface area is 245 Å². The summed E-state index contributed by atoms with van der Waals surface area (Å²) in [4.78, 5) is 26.5. The van der Waals surface area contributed by atoms with Gasteiger partial charge >= 0.3 is 11.9 Å². The molecule has 0 aliphatic heterocycles. The predicted molar refractivity (Wildman–Crippen MR) is 163 cm³/mol. The first-order valence-corrected chi connectivity index (χ1v) is 15.3. The van der Waals surface area contributed by atoms with Gasteiger partial charge in [0.2, 0.25) is 0 Å². The number of alkyl halides is 3. The third kappa shape index (κ3) is 6.08. The van der Waals surface area contributed by atoms with Gasteiger partial charge in [-0.25, -0.2) is 0 Å². The Morgan fingerprint density at radius 3 is 1.71 bits per heavy atom. The second-order valence-electron chi connectivity index (χ2n) is 8.97. The zero-order valence-corrected chi connectivity index (χ0v) is 27.0. The van der Waals surface area contributed by atoms with Crippen molar-refractivity contribution < 1.29 is 19.1 Å². The number of ether oxygens (including phenoxy) is 2. The third-order valence-electron chi connectivity index (χ3n) is 6.79. The molecule has 0 saturated heterocycles. The summed E-state index contributed by atoms with van der Waals surface area (Å²) in [6.07, 6.45) is 2.30. The summed E-state index contributed by atoms with van der Waals surface area (Å²) in [6.45, 7) is 10.1. The van der Waals surface area contributed by atoms with E-state index in [2.05, 4.69) is 68.0 Å². The fourth-order valence-electron chi connectivity index (χ4n) is 4.77. The maximum atomic E-state index is 13.3. The minimum atomic E-state index is -1.00. The van der Waals surface area contributed by atoms with Crippen LogP contribution >= 0.6 is 61.1 Å². The van der Waals surface area contributed by atoms with Crippen molar-refractivity contribution in [2.75, 3.05) is 13.2 Å². The molecule has 192 valence electrons. The van der Waals surface area contributed by atoms with E-state index in [1.165, 1.54) is 6.42 Å². The highest BCUT2D eigenvalue weighted by Crippen LogP contribution is 2.69. The highest BCUT2D eigenvalue weighted by atomic mass is 127. The zero-order chi connectivity index (χ0) is 26.3. The quantitative estimate of drug-likeness (QED) is 0.161. The average Bonchev–Trinajstić information content (AvgIpc) is 3.09. The van der Waals surface area contributed by atoms with Crippen LogP contribution in [0.2, 0.25) is 0 Å². The van der Waals surface area contributed by atoms with Crippen molar-refractivity contribution in [3.8, 4) is 11.1 Å². The minimum Gasteiger partial charge on any atom is -0.466 e. The summed E-state index contributed by atoms with van der Waals surface area (Å²) in [6, 6.07) is 18.0. The lowest BCUT2D eigenvalue weighted by atomic mass is 9.65. The van der Waals surface area contributed by atoms with Crippen LogP contribution in [0.4, 0.5) is 0 Å². The smallest absolute Gasteiger partial charge is 0.313 e. The number of benzene rings is 2. The molecule has 2 aromatic carbocycles. The molecule has 0 N–H and O–H groups in total. The lowest BCUT2D eigenvalue weighted by Crippen LogP contribution is -2.52. The van der Waals surface area contributed by atoms with E-state index in [1.54, 1.807) is 13.8 Å². The van der Waals surface area contributed by atoms with Gasteiger partial charge in [-0.1, -0.05) is 123 Å². The van der Waals surface area contributed by atoms with E-state index in [0.29, 0.717) is 12.8 Å². The summed E-state index contributed by atoms with van der Waals surface area (Å²) in [7, 11) is 0. The van der Waals surface area contributed by atoms with Crippen LogP contribution in [0, 0.1) is 10.8 Å². The van der Waals surface area contributed by atoms with Crippen molar-refractivity contribution in [1.29, 1.82) is 0 Å². The van der Waals surface area contributed by atoms with E-state index >= 15 is 0 Å². The van der Waals surface area contributed by atoms with Crippen molar-refractivity contribution in [2.45, 2.75) is 60.1 Å². The normalized spacial score (nSPS) is 25.5. The largest absolute Gasteiger partial charge is 0.466 e. The van der Waals surface area contributed by atoms with Crippen LogP contribution in [0.1, 0.15) is 59.4 Å². The number of carbonyl (C=O) groups is 2. The van der Waals surface area contributed by atoms with Crippen molar-refractivity contribution in [1.82, 2.24) is 0 Å². The van der Waals surface area contributed by atoms with Crippen LogP contribution < -0.4 is 0 Å². The topological polar surface area (TPSA) is 52.6 Å². The van der Waals surface area contributed by atoms with Crippen LogP contribution in [0.5, 0.6) is 0 Å². The molecule has 7 heteroatoms. The van der Waals surface area contributed by atoms with Crippen molar-refractivity contribution >= 4 is 73.1 Å². The molecule has 0 aromatic heterocycles. The second kappa shape index (κ2) is 13.2. The molecule has 0 spiro atoms. The Balaban J connectivity index is 0.000000784. The first-order chi connectivity index (χ1) is 16.5. The van der Waals surface area contributed by atoms with Crippen LogP contribution in [-0.4, -0.2) is 27.1 Å². The van der Waals surface area contributed by atoms with E-state index in [-0.39, 0.29) is 25.2 Å².